The van der Waals surface area contributed by atoms with Crippen LogP contribution >= 0.6 is 22.6 Å². The first kappa shape index (κ1) is 20.8. The fraction of sp³-hybridized carbons (Fsp3) is 0.833. The van der Waals surface area contributed by atoms with E-state index >= 15 is 0 Å². The molecule has 2 nitrogen and oxygen atoms in total. The summed E-state index contributed by atoms with van der Waals surface area (Å²) in [6.45, 7) is 8.27. The third kappa shape index (κ3) is 5.68. The molecule has 0 saturated carbocycles. The predicted molar refractivity (Wildman–Crippen MR) is 101 cm³/mol. The molecule has 0 spiro atoms. The Kier molecular flexibility index (Phi) is 9.01. The molecule has 0 fully saturated rings. The van der Waals surface area contributed by atoms with Crippen LogP contribution in [-0.4, -0.2) is 9.78 Å². The molecule has 134 valence electrons. The number of aromatic nitrogens is 2. The number of hydrogen-bond acceptors (Lipinski definition) is 1. The minimum absolute atomic E-state index is 0.110. The Morgan fingerprint density at radius 1 is 1.04 bits per heavy atom. The van der Waals surface area contributed by atoms with E-state index in [-0.39, 0.29) is 11.1 Å². The summed E-state index contributed by atoms with van der Waals surface area (Å²) in [5, 5.41) is 4.50. The van der Waals surface area contributed by atoms with Gasteiger partial charge < -0.3 is 0 Å². The third-order valence-corrected chi connectivity index (χ3v) is 5.70. The first-order valence-electron chi connectivity index (χ1n) is 8.91. The van der Waals surface area contributed by atoms with Crippen molar-refractivity contribution < 1.29 is 8.78 Å². The highest BCUT2D eigenvalue weighted by Gasteiger charge is 2.32. The summed E-state index contributed by atoms with van der Waals surface area (Å²) in [5.74, 6) is 0. The molecule has 23 heavy (non-hydrogen) atoms. The summed E-state index contributed by atoms with van der Waals surface area (Å²) < 4.78 is 29.1. The second kappa shape index (κ2) is 9.94. The largest absolute Gasteiger partial charge is 0.268 e. The standard InChI is InChI=1S/C18H31F2IN2/c1-5-7-9-10-11-13-18(4,12-8-6-2)23-17(21)15(16(19)20)14(3)22-23/h16H,5-13H2,1-4H3. The van der Waals surface area contributed by atoms with Gasteiger partial charge in [-0.25, -0.2) is 8.78 Å². The number of aryl methyl sites for hydroxylation is 1. The van der Waals surface area contributed by atoms with Crippen LogP contribution in [0.5, 0.6) is 0 Å². The zero-order chi connectivity index (χ0) is 17.5. The Bertz CT molecular complexity index is 474. The Morgan fingerprint density at radius 3 is 2.13 bits per heavy atom. The molecule has 1 unspecified atom stereocenters. The zero-order valence-corrected chi connectivity index (χ0v) is 17.1. The fourth-order valence-electron chi connectivity index (χ4n) is 3.12. The van der Waals surface area contributed by atoms with E-state index < -0.39 is 6.43 Å². The van der Waals surface area contributed by atoms with Crippen LogP contribution in [0.2, 0.25) is 0 Å². The average molecular weight is 440 g/mol. The fourth-order valence-corrected chi connectivity index (χ4v) is 4.44. The van der Waals surface area contributed by atoms with Gasteiger partial charge in [-0.15, -0.1) is 0 Å². The van der Waals surface area contributed by atoms with Crippen molar-refractivity contribution >= 4 is 22.6 Å². The number of nitrogens with zero attached hydrogens (tertiary/aromatic N) is 2. The first-order chi connectivity index (χ1) is 10.9. The maximum Gasteiger partial charge on any atom is 0.268 e. The summed E-state index contributed by atoms with van der Waals surface area (Å²) >= 11 is 2.05. The van der Waals surface area contributed by atoms with E-state index in [0.717, 1.165) is 32.1 Å². The molecule has 0 bridgehead atoms. The van der Waals surface area contributed by atoms with Gasteiger partial charge in [-0.1, -0.05) is 58.8 Å². The van der Waals surface area contributed by atoms with Gasteiger partial charge >= 0.3 is 0 Å². The molecule has 1 heterocycles. The van der Waals surface area contributed by atoms with Crippen LogP contribution in [0.25, 0.3) is 0 Å². The number of alkyl halides is 2. The van der Waals surface area contributed by atoms with Gasteiger partial charge in [0.15, 0.2) is 0 Å². The van der Waals surface area contributed by atoms with Gasteiger partial charge in [0, 0.05) is 0 Å². The molecule has 1 rings (SSSR count). The predicted octanol–water partition coefficient (Wildman–Crippen LogP) is 7.00. The summed E-state index contributed by atoms with van der Waals surface area (Å²) in [5.41, 5.74) is 0.425. The monoisotopic (exact) mass is 440 g/mol. The lowest BCUT2D eigenvalue weighted by molar-refractivity contribution is 0.148. The van der Waals surface area contributed by atoms with Crippen molar-refractivity contribution in [3.8, 4) is 0 Å². The molecule has 0 radical (unpaired) electrons. The second-order valence-electron chi connectivity index (χ2n) is 6.77. The third-order valence-electron chi connectivity index (χ3n) is 4.67. The van der Waals surface area contributed by atoms with E-state index in [1.54, 1.807) is 6.92 Å². The Labute approximate surface area is 153 Å². The zero-order valence-electron chi connectivity index (χ0n) is 15.0. The van der Waals surface area contributed by atoms with E-state index in [0.29, 0.717) is 9.39 Å². The minimum atomic E-state index is -2.45. The minimum Gasteiger partial charge on any atom is -0.253 e. The molecule has 0 aliphatic heterocycles. The van der Waals surface area contributed by atoms with Crippen LogP contribution < -0.4 is 0 Å². The molecule has 0 N–H and O–H groups in total. The Balaban J connectivity index is 2.94. The van der Waals surface area contributed by atoms with Crippen molar-refractivity contribution in [1.82, 2.24) is 9.78 Å². The van der Waals surface area contributed by atoms with Crippen molar-refractivity contribution in [1.29, 1.82) is 0 Å². The van der Waals surface area contributed by atoms with Gasteiger partial charge in [0.25, 0.3) is 6.43 Å². The molecular weight excluding hydrogens is 409 g/mol. The quantitative estimate of drug-likeness (QED) is 0.268. The second-order valence-corrected chi connectivity index (χ2v) is 7.79. The van der Waals surface area contributed by atoms with Crippen LogP contribution in [0.1, 0.15) is 96.2 Å². The lowest BCUT2D eigenvalue weighted by Crippen LogP contribution is -2.32. The first-order valence-corrected chi connectivity index (χ1v) is 9.98. The van der Waals surface area contributed by atoms with Gasteiger partial charge in [-0.3, -0.25) is 4.68 Å². The van der Waals surface area contributed by atoms with Crippen LogP contribution in [-0.2, 0) is 5.54 Å². The SMILES string of the molecule is CCCCCCCC(C)(CCCC)n1nc(C)c(C(F)F)c1I. The molecular formula is C18H31F2IN2. The maximum atomic E-state index is 13.3. The summed E-state index contributed by atoms with van der Waals surface area (Å²) in [4.78, 5) is 0. The smallest absolute Gasteiger partial charge is 0.253 e. The highest BCUT2D eigenvalue weighted by atomic mass is 127. The lowest BCUT2D eigenvalue weighted by atomic mass is 9.88. The Hall–Kier alpha value is -0.200. The topological polar surface area (TPSA) is 17.8 Å². The lowest BCUT2D eigenvalue weighted by Gasteiger charge is -2.31. The van der Waals surface area contributed by atoms with Crippen molar-refractivity contribution in [2.24, 2.45) is 0 Å². The molecule has 0 amide bonds. The van der Waals surface area contributed by atoms with Crippen molar-refractivity contribution in [3.63, 3.8) is 0 Å². The van der Waals surface area contributed by atoms with E-state index in [9.17, 15) is 8.78 Å². The van der Waals surface area contributed by atoms with Crippen LogP contribution in [0.3, 0.4) is 0 Å². The number of unbranched alkanes of at least 4 members (excludes halogenated alkanes) is 5. The molecule has 1 aromatic heterocycles. The van der Waals surface area contributed by atoms with Crippen LogP contribution in [0, 0.1) is 10.6 Å². The van der Waals surface area contributed by atoms with E-state index in [4.69, 9.17) is 0 Å². The summed E-state index contributed by atoms with van der Waals surface area (Å²) in [7, 11) is 0. The highest BCUT2D eigenvalue weighted by Crippen LogP contribution is 2.36. The van der Waals surface area contributed by atoms with Gasteiger partial charge in [0.05, 0.1) is 16.8 Å². The molecule has 1 aromatic rings. The van der Waals surface area contributed by atoms with Crippen molar-refractivity contribution in [3.05, 3.63) is 15.0 Å². The molecule has 0 aliphatic rings. The van der Waals surface area contributed by atoms with E-state index in [2.05, 4.69) is 25.9 Å². The normalized spacial score (nSPS) is 14.4. The van der Waals surface area contributed by atoms with Crippen LogP contribution in [0.4, 0.5) is 8.78 Å². The summed E-state index contributed by atoms with van der Waals surface area (Å²) in [6, 6.07) is 0. The van der Waals surface area contributed by atoms with Gasteiger partial charge in [-0.05, 0) is 49.3 Å². The molecule has 0 saturated heterocycles. The van der Waals surface area contributed by atoms with E-state index in [1.165, 1.54) is 25.7 Å². The van der Waals surface area contributed by atoms with Crippen LogP contribution in [0.15, 0.2) is 0 Å². The van der Waals surface area contributed by atoms with E-state index in [1.807, 2.05) is 27.3 Å². The van der Waals surface area contributed by atoms with Crippen molar-refractivity contribution in [2.45, 2.75) is 97.4 Å². The van der Waals surface area contributed by atoms with Gasteiger partial charge in [-0.2, -0.15) is 5.10 Å². The van der Waals surface area contributed by atoms with Gasteiger partial charge in [0.2, 0.25) is 0 Å². The molecule has 1 atom stereocenters. The Morgan fingerprint density at radius 2 is 1.61 bits per heavy atom. The number of halogens is 3. The van der Waals surface area contributed by atoms with Gasteiger partial charge in [0.1, 0.15) is 3.70 Å². The molecule has 0 aromatic carbocycles. The summed E-state index contributed by atoms with van der Waals surface area (Å²) in [6.07, 6.45) is 7.91. The molecule has 5 heteroatoms. The molecule has 0 aliphatic carbocycles. The average Bonchev–Trinajstić information content (AvgIpc) is 2.80. The number of rotatable bonds is 11. The number of hydrogen-bond donors (Lipinski definition) is 0. The maximum absolute atomic E-state index is 13.3. The van der Waals surface area contributed by atoms with Crippen molar-refractivity contribution in [2.75, 3.05) is 0 Å². The highest BCUT2D eigenvalue weighted by molar-refractivity contribution is 14.1.